The Labute approximate surface area is 197 Å². The minimum Gasteiger partial charge on any atom is -0.303 e. The Morgan fingerprint density at radius 1 is 0.758 bits per heavy atom. The Balaban J connectivity index is 1.17. The molecular weight excluding hydrogens is 410 g/mol. The summed E-state index contributed by atoms with van der Waals surface area (Å²) in [5.41, 5.74) is 4.03. The number of ketones is 1. The predicted octanol–water partition coefficient (Wildman–Crippen LogP) is 4.47. The van der Waals surface area contributed by atoms with E-state index in [0.717, 1.165) is 45.0 Å². The molecule has 2 fully saturated rings. The van der Waals surface area contributed by atoms with Gasteiger partial charge in [0.25, 0.3) is 11.7 Å². The molecule has 2 heterocycles. The zero-order valence-electron chi connectivity index (χ0n) is 19.5. The lowest BCUT2D eigenvalue weighted by Crippen LogP contribution is -2.48. The van der Waals surface area contributed by atoms with Crippen molar-refractivity contribution in [3.63, 3.8) is 0 Å². The number of benzene rings is 2. The molecule has 1 saturated heterocycles. The molecule has 174 valence electrons. The Hall–Kier alpha value is -2.50. The fraction of sp³-hybridized carbons (Fsp3) is 0.500. The van der Waals surface area contributed by atoms with Crippen molar-refractivity contribution in [2.75, 3.05) is 44.2 Å². The van der Waals surface area contributed by atoms with Gasteiger partial charge in [0.1, 0.15) is 0 Å². The highest BCUT2D eigenvalue weighted by atomic mass is 16.2. The highest BCUT2D eigenvalue weighted by Gasteiger charge is 2.36. The van der Waals surface area contributed by atoms with Gasteiger partial charge < -0.3 is 4.90 Å². The summed E-state index contributed by atoms with van der Waals surface area (Å²) < 4.78 is 0. The molecule has 2 aliphatic heterocycles. The number of hydrogen-bond donors (Lipinski definition) is 0. The van der Waals surface area contributed by atoms with Crippen LogP contribution in [0.2, 0.25) is 0 Å². The maximum atomic E-state index is 12.8. The largest absolute Gasteiger partial charge is 0.303 e. The quantitative estimate of drug-likeness (QED) is 0.486. The van der Waals surface area contributed by atoms with Gasteiger partial charge in [0.05, 0.1) is 11.3 Å². The standard InChI is InChI=1S/C28H35N3O2/c32-27-25-20-24(23-10-6-1-2-7-11-23)12-13-26(25)31(28(27)33)19-18-29-14-16-30(17-15-29)21-22-8-4-3-5-9-22/h3-5,8-9,12-13,20,23H,1-2,6-7,10-11,14-19,21H2. The van der Waals surface area contributed by atoms with E-state index >= 15 is 0 Å². The zero-order valence-corrected chi connectivity index (χ0v) is 19.5. The van der Waals surface area contributed by atoms with Crippen LogP contribution in [0, 0.1) is 0 Å². The third-order valence-electron chi connectivity index (χ3n) is 7.68. The van der Waals surface area contributed by atoms with E-state index in [9.17, 15) is 9.59 Å². The molecule has 0 N–H and O–H groups in total. The average molecular weight is 446 g/mol. The van der Waals surface area contributed by atoms with Crippen LogP contribution >= 0.6 is 0 Å². The molecule has 0 unspecified atom stereocenters. The van der Waals surface area contributed by atoms with Crippen molar-refractivity contribution in [2.24, 2.45) is 0 Å². The van der Waals surface area contributed by atoms with Gasteiger partial charge in [0, 0.05) is 45.8 Å². The number of piperazine rings is 1. The molecule has 0 aromatic heterocycles. The molecule has 3 aliphatic rings. The summed E-state index contributed by atoms with van der Waals surface area (Å²) in [7, 11) is 0. The van der Waals surface area contributed by atoms with Crippen molar-refractivity contribution in [1.29, 1.82) is 0 Å². The SMILES string of the molecule is O=C1C(=O)N(CCN2CCN(Cc3ccccc3)CC2)c2ccc(C3CCCCCC3)cc21. The summed E-state index contributed by atoms with van der Waals surface area (Å²) in [5, 5.41) is 0. The Kier molecular flexibility index (Phi) is 6.88. The second kappa shape index (κ2) is 10.2. The first-order valence-electron chi connectivity index (χ1n) is 12.7. The number of anilines is 1. The molecular formula is C28H35N3O2. The first-order chi connectivity index (χ1) is 16.2. The third-order valence-corrected chi connectivity index (χ3v) is 7.68. The van der Waals surface area contributed by atoms with Crippen LogP contribution in [0.4, 0.5) is 5.69 Å². The molecule has 0 atom stereocenters. The summed E-state index contributed by atoms with van der Waals surface area (Å²) in [6.45, 7) is 6.43. The van der Waals surface area contributed by atoms with Crippen molar-refractivity contribution >= 4 is 17.4 Å². The average Bonchev–Trinajstić information content (AvgIpc) is 3.03. The molecule has 2 aromatic carbocycles. The number of hydrogen-bond acceptors (Lipinski definition) is 4. The molecule has 1 saturated carbocycles. The van der Waals surface area contributed by atoms with Gasteiger partial charge >= 0.3 is 0 Å². The normalized spacial score (nSPS) is 20.8. The number of amides is 1. The van der Waals surface area contributed by atoms with E-state index in [1.165, 1.54) is 49.7 Å². The second-order valence-corrected chi connectivity index (χ2v) is 9.85. The van der Waals surface area contributed by atoms with E-state index in [1.807, 2.05) is 12.1 Å². The summed E-state index contributed by atoms with van der Waals surface area (Å²) in [4.78, 5) is 32.2. The topological polar surface area (TPSA) is 43.9 Å². The van der Waals surface area contributed by atoms with Crippen molar-refractivity contribution in [2.45, 2.75) is 51.0 Å². The molecule has 0 radical (unpaired) electrons. The molecule has 0 spiro atoms. The fourth-order valence-corrected chi connectivity index (χ4v) is 5.66. The first kappa shape index (κ1) is 22.3. The third kappa shape index (κ3) is 5.04. The lowest BCUT2D eigenvalue weighted by Gasteiger charge is -2.35. The van der Waals surface area contributed by atoms with Gasteiger partial charge in [-0.05, 0) is 42.0 Å². The Morgan fingerprint density at radius 3 is 2.18 bits per heavy atom. The number of carbonyl (C=O) groups is 2. The lowest BCUT2D eigenvalue weighted by molar-refractivity contribution is -0.114. The number of Topliss-reactive ketones (excluding diaryl/α,β-unsaturated/α-hetero) is 1. The van der Waals surface area contributed by atoms with Gasteiger partial charge in [0.15, 0.2) is 0 Å². The van der Waals surface area contributed by atoms with E-state index in [0.29, 0.717) is 18.0 Å². The van der Waals surface area contributed by atoms with E-state index in [-0.39, 0.29) is 11.7 Å². The van der Waals surface area contributed by atoms with Crippen molar-refractivity contribution in [3.8, 4) is 0 Å². The molecule has 5 rings (SSSR count). The van der Waals surface area contributed by atoms with Crippen LogP contribution in [0.15, 0.2) is 48.5 Å². The van der Waals surface area contributed by atoms with Gasteiger partial charge in [-0.25, -0.2) is 0 Å². The van der Waals surface area contributed by atoms with Gasteiger partial charge in [-0.15, -0.1) is 0 Å². The van der Waals surface area contributed by atoms with E-state index in [4.69, 9.17) is 0 Å². The molecule has 5 nitrogen and oxygen atoms in total. The maximum absolute atomic E-state index is 12.8. The number of carbonyl (C=O) groups excluding carboxylic acids is 2. The van der Waals surface area contributed by atoms with Crippen LogP contribution in [-0.4, -0.2) is 60.8 Å². The van der Waals surface area contributed by atoms with Gasteiger partial charge in [0.2, 0.25) is 0 Å². The first-order valence-corrected chi connectivity index (χ1v) is 12.7. The maximum Gasteiger partial charge on any atom is 0.299 e. The van der Waals surface area contributed by atoms with Crippen LogP contribution in [-0.2, 0) is 11.3 Å². The highest BCUT2D eigenvalue weighted by Crippen LogP contribution is 2.36. The van der Waals surface area contributed by atoms with Crippen LogP contribution in [0.3, 0.4) is 0 Å². The molecule has 1 amide bonds. The summed E-state index contributed by atoms with van der Waals surface area (Å²) >= 11 is 0. The summed E-state index contributed by atoms with van der Waals surface area (Å²) in [5.74, 6) is -0.152. The van der Waals surface area contributed by atoms with Gasteiger partial charge in [-0.1, -0.05) is 62.1 Å². The number of fused-ring (bicyclic) bond motifs is 1. The fourth-order valence-electron chi connectivity index (χ4n) is 5.66. The minimum absolute atomic E-state index is 0.326. The summed E-state index contributed by atoms with van der Waals surface area (Å²) in [6.07, 6.45) is 7.54. The predicted molar refractivity (Wildman–Crippen MR) is 132 cm³/mol. The van der Waals surface area contributed by atoms with Crippen molar-refractivity contribution in [1.82, 2.24) is 9.80 Å². The van der Waals surface area contributed by atoms with E-state index in [2.05, 4.69) is 46.2 Å². The summed E-state index contributed by atoms with van der Waals surface area (Å²) in [6, 6.07) is 16.8. The van der Waals surface area contributed by atoms with Crippen LogP contribution in [0.25, 0.3) is 0 Å². The Bertz CT molecular complexity index is 974. The van der Waals surface area contributed by atoms with Crippen molar-refractivity contribution in [3.05, 3.63) is 65.2 Å². The van der Waals surface area contributed by atoms with E-state index < -0.39 is 0 Å². The van der Waals surface area contributed by atoms with Crippen molar-refractivity contribution < 1.29 is 9.59 Å². The molecule has 33 heavy (non-hydrogen) atoms. The van der Waals surface area contributed by atoms with E-state index in [1.54, 1.807) is 4.90 Å². The smallest absolute Gasteiger partial charge is 0.299 e. The minimum atomic E-state index is -0.356. The molecule has 1 aliphatic carbocycles. The molecule has 2 aromatic rings. The monoisotopic (exact) mass is 445 g/mol. The van der Waals surface area contributed by atoms with Gasteiger partial charge in [-0.2, -0.15) is 0 Å². The van der Waals surface area contributed by atoms with Crippen LogP contribution in [0.5, 0.6) is 0 Å². The number of rotatable bonds is 6. The highest BCUT2D eigenvalue weighted by molar-refractivity contribution is 6.52. The van der Waals surface area contributed by atoms with Crippen LogP contribution < -0.4 is 4.90 Å². The number of nitrogens with zero attached hydrogens (tertiary/aromatic N) is 3. The molecule has 5 heteroatoms. The van der Waals surface area contributed by atoms with Gasteiger partial charge in [-0.3, -0.25) is 19.4 Å². The Morgan fingerprint density at radius 2 is 1.45 bits per heavy atom. The lowest BCUT2D eigenvalue weighted by atomic mass is 9.90. The molecule has 0 bridgehead atoms. The van der Waals surface area contributed by atoms with Crippen LogP contribution in [0.1, 0.15) is 65.9 Å². The zero-order chi connectivity index (χ0) is 22.6. The second-order valence-electron chi connectivity index (χ2n) is 9.85.